The first-order valence-electron chi connectivity index (χ1n) is 5.10. The van der Waals surface area contributed by atoms with Crippen molar-refractivity contribution in [3.05, 3.63) is 0 Å². The summed E-state index contributed by atoms with van der Waals surface area (Å²) >= 11 is 1.70. The van der Waals surface area contributed by atoms with Gasteiger partial charge in [0.05, 0.1) is 0 Å². The van der Waals surface area contributed by atoms with Crippen molar-refractivity contribution in [1.29, 1.82) is 0 Å². The first-order chi connectivity index (χ1) is 7.11. The predicted molar refractivity (Wildman–Crippen MR) is 62.1 cm³/mol. The predicted octanol–water partition coefficient (Wildman–Crippen LogP) is 1.45. The van der Waals surface area contributed by atoms with Crippen LogP contribution in [0.2, 0.25) is 0 Å². The van der Waals surface area contributed by atoms with Gasteiger partial charge >= 0.3 is 5.97 Å². The van der Waals surface area contributed by atoms with E-state index in [0.29, 0.717) is 13.0 Å². The molecule has 0 radical (unpaired) electrons. The van der Waals surface area contributed by atoms with Gasteiger partial charge in [0.1, 0.15) is 6.54 Å². The van der Waals surface area contributed by atoms with E-state index in [4.69, 9.17) is 5.11 Å². The SMILES string of the molecule is CCCN(CC(=O)O)C(=O)CCCSC. The Bertz CT molecular complexity index is 209. The third-order valence-electron chi connectivity index (χ3n) is 1.91. The molecule has 0 saturated carbocycles. The molecule has 0 aromatic rings. The van der Waals surface area contributed by atoms with Crippen molar-refractivity contribution < 1.29 is 14.7 Å². The second-order valence-electron chi connectivity index (χ2n) is 3.31. The number of thioether (sulfide) groups is 1. The highest BCUT2D eigenvalue weighted by Crippen LogP contribution is 2.03. The molecule has 0 rings (SSSR count). The summed E-state index contributed by atoms with van der Waals surface area (Å²) in [4.78, 5) is 23.5. The minimum Gasteiger partial charge on any atom is -0.480 e. The highest BCUT2D eigenvalue weighted by molar-refractivity contribution is 7.98. The number of nitrogens with zero attached hydrogens (tertiary/aromatic N) is 1. The third kappa shape index (κ3) is 7.25. The summed E-state index contributed by atoms with van der Waals surface area (Å²) in [5.41, 5.74) is 0. The second kappa shape index (κ2) is 8.59. The fraction of sp³-hybridized carbons (Fsp3) is 0.800. The average molecular weight is 233 g/mol. The molecule has 0 atom stereocenters. The van der Waals surface area contributed by atoms with Crippen LogP contribution in [0.15, 0.2) is 0 Å². The lowest BCUT2D eigenvalue weighted by molar-refractivity contribution is -0.144. The van der Waals surface area contributed by atoms with E-state index in [1.165, 1.54) is 4.90 Å². The van der Waals surface area contributed by atoms with Crippen molar-refractivity contribution >= 4 is 23.6 Å². The molecule has 0 aliphatic rings. The van der Waals surface area contributed by atoms with E-state index in [2.05, 4.69) is 0 Å². The molecule has 1 amide bonds. The molecule has 0 bridgehead atoms. The van der Waals surface area contributed by atoms with Crippen molar-refractivity contribution in [3.8, 4) is 0 Å². The number of rotatable bonds is 8. The van der Waals surface area contributed by atoms with Gasteiger partial charge < -0.3 is 10.0 Å². The maximum atomic E-state index is 11.6. The molecule has 0 aromatic carbocycles. The smallest absolute Gasteiger partial charge is 0.323 e. The largest absolute Gasteiger partial charge is 0.480 e. The summed E-state index contributed by atoms with van der Waals surface area (Å²) in [5.74, 6) is -0.0475. The Labute approximate surface area is 95.0 Å². The van der Waals surface area contributed by atoms with Crippen LogP contribution in [-0.4, -0.2) is 47.0 Å². The van der Waals surface area contributed by atoms with Crippen molar-refractivity contribution in [2.75, 3.05) is 25.1 Å². The molecule has 0 aliphatic carbocycles. The number of amides is 1. The van der Waals surface area contributed by atoms with Gasteiger partial charge in [0.2, 0.25) is 5.91 Å². The van der Waals surface area contributed by atoms with Crippen LogP contribution in [0.25, 0.3) is 0 Å². The van der Waals surface area contributed by atoms with Gasteiger partial charge in [0, 0.05) is 13.0 Å². The summed E-state index contributed by atoms with van der Waals surface area (Å²) in [7, 11) is 0. The summed E-state index contributed by atoms with van der Waals surface area (Å²) < 4.78 is 0. The summed E-state index contributed by atoms with van der Waals surface area (Å²) in [6.45, 7) is 2.29. The number of carbonyl (C=O) groups is 2. The maximum absolute atomic E-state index is 11.6. The Hall–Kier alpha value is -0.710. The first kappa shape index (κ1) is 14.3. The van der Waals surface area contributed by atoms with E-state index in [1.807, 2.05) is 13.2 Å². The molecule has 0 aromatic heterocycles. The average Bonchev–Trinajstić information content (AvgIpc) is 2.17. The third-order valence-corrected chi connectivity index (χ3v) is 2.61. The quantitative estimate of drug-likeness (QED) is 0.645. The fourth-order valence-electron chi connectivity index (χ4n) is 1.25. The zero-order valence-corrected chi connectivity index (χ0v) is 10.2. The second-order valence-corrected chi connectivity index (χ2v) is 4.29. The molecule has 88 valence electrons. The fourth-order valence-corrected chi connectivity index (χ4v) is 1.68. The molecule has 0 heterocycles. The van der Waals surface area contributed by atoms with Gasteiger partial charge in [-0.1, -0.05) is 6.92 Å². The number of carbonyl (C=O) groups excluding carboxylic acids is 1. The lowest BCUT2D eigenvalue weighted by Gasteiger charge is -2.19. The summed E-state index contributed by atoms with van der Waals surface area (Å²) in [6, 6.07) is 0. The molecule has 0 spiro atoms. The lowest BCUT2D eigenvalue weighted by atomic mass is 10.3. The Morgan fingerprint density at radius 1 is 1.40 bits per heavy atom. The van der Waals surface area contributed by atoms with Crippen LogP contribution in [0, 0.1) is 0 Å². The van der Waals surface area contributed by atoms with Crippen molar-refractivity contribution in [2.45, 2.75) is 26.2 Å². The number of carboxylic acid groups (broad SMARTS) is 1. The standard InChI is InChI=1S/C10H19NO3S/c1-3-6-11(8-10(13)14)9(12)5-4-7-15-2/h3-8H2,1-2H3,(H,13,14). The summed E-state index contributed by atoms with van der Waals surface area (Å²) in [5, 5.41) is 8.63. The molecule has 4 nitrogen and oxygen atoms in total. The topological polar surface area (TPSA) is 57.6 Å². The van der Waals surface area contributed by atoms with E-state index in [1.54, 1.807) is 11.8 Å². The highest BCUT2D eigenvalue weighted by atomic mass is 32.2. The van der Waals surface area contributed by atoms with Gasteiger partial charge in [-0.2, -0.15) is 11.8 Å². The first-order valence-corrected chi connectivity index (χ1v) is 6.49. The Kier molecular flexibility index (Phi) is 8.18. The maximum Gasteiger partial charge on any atom is 0.323 e. The minimum absolute atomic E-state index is 0.0479. The molecule has 0 saturated heterocycles. The van der Waals surface area contributed by atoms with E-state index in [0.717, 1.165) is 18.6 Å². The number of hydrogen-bond acceptors (Lipinski definition) is 3. The summed E-state index contributed by atoms with van der Waals surface area (Å²) in [6.07, 6.45) is 4.06. The zero-order valence-electron chi connectivity index (χ0n) is 9.36. The van der Waals surface area contributed by atoms with Gasteiger partial charge in [-0.15, -0.1) is 0 Å². The van der Waals surface area contributed by atoms with Crippen LogP contribution < -0.4 is 0 Å². The zero-order chi connectivity index (χ0) is 11.7. The number of aliphatic carboxylic acids is 1. The van der Waals surface area contributed by atoms with Crippen LogP contribution in [0.5, 0.6) is 0 Å². The minimum atomic E-state index is -0.943. The van der Waals surface area contributed by atoms with Crippen LogP contribution in [0.4, 0.5) is 0 Å². The van der Waals surface area contributed by atoms with Crippen LogP contribution in [0.1, 0.15) is 26.2 Å². The monoisotopic (exact) mass is 233 g/mol. The van der Waals surface area contributed by atoms with Crippen LogP contribution in [0.3, 0.4) is 0 Å². The van der Waals surface area contributed by atoms with Crippen molar-refractivity contribution in [2.24, 2.45) is 0 Å². The van der Waals surface area contributed by atoms with E-state index in [9.17, 15) is 9.59 Å². The molecule has 0 unspecified atom stereocenters. The Morgan fingerprint density at radius 3 is 2.53 bits per heavy atom. The molecular weight excluding hydrogens is 214 g/mol. The van der Waals surface area contributed by atoms with Crippen molar-refractivity contribution in [1.82, 2.24) is 4.90 Å². The number of carboxylic acids is 1. The highest BCUT2D eigenvalue weighted by Gasteiger charge is 2.14. The number of hydrogen-bond donors (Lipinski definition) is 1. The molecule has 15 heavy (non-hydrogen) atoms. The van der Waals surface area contributed by atoms with Gasteiger partial charge in [-0.05, 0) is 24.9 Å². The molecule has 5 heteroatoms. The normalized spacial score (nSPS) is 10.0. The molecule has 1 N–H and O–H groups in total. The Morgan fingerprint density at radius 2 is 2.07 bits per heavy atom. The van der Waals surface area contributed by atoms with Gasteiger partial charge in [-0.3, -0.25) is 9.59 Å². The van der Waals surface area contributed by atoms with E-state index >= 15 is 0 Å². The molecule has 0 aliphatic heterocycles. The molecule has 0 fully saturated rings. The molecular formula is C10H19NO3S. The van der Waals surface area contributed by atoms with Gasteiger partial charge in [-0.25, -0.2) is 0 Å². The van der Waals surface area contributed by atoms with Crippen LogP contribution >= 0.6 is 11.8 Å². The van der Waals surface area contributed by atoms with Crippen molar-refractivity contribution in [3.63, 3.8) is 0 Å². The van der Waals surface area contributed by atoms with Gasteiger partial charge in [0.25, 0.3) is 0 Å². The van der Waals surface area contributed by atoms with Crippen LogP contribution in [-0.2, 0) is 9.59 Å². The van der Waals surface area contributed by atoms with E-state index < -0.39 is 5.97 Å². The Balaban J connectivity index is 3.98. The lowest BCUT2D eigenvalue weighted by Crippen LogP contribution is -2.36. The van der Waals surface area contributed by atoms with E-state index in [-0.39, 0.29) is 12.5 Å². The van der Waals surface area contributed by atoms with Gasteiger partial charge in [0.15, 0.2) is 0 Å².